The molecule has 2 aromatic rings. The largest absolute Gasteiger partial charge is 0.454 e. The lowest BCUT2D eigenvalue weighted by molar-refractivity contribution is 0.0406. The zero-order valence-electron chi connectivity index (χ0n) is 18.3. The van der Waals surface area contributed by atoms with Crippen LogP contribution in [0.5, 0.6) is 11.5 Å². The van der Waals surface area contributed by atoms with Gasteiger partial charge >= 0.3 is 0 Å². The van der Waals surface area contributed by atoms with Crippen molar-refractivity contribution in [1.29, 1.82) is 0 Å². The van der Waals surface area contributed by atoms with Crippen molar-refractivity contribution in [3.63, 3.8) is 0 Å². The van der Waals surface area contributed by atoms with Crippen LogP contribution in [0.4, 0.5) is 0 Å². The fourth-order valence-corrected chi connectivity index (χ4v) is 4.97. The van der Waals surface area contributed by atoms with E-state index in [1.807, 2.05) is 24.8 Å². The minimum atomic E-state index is 0.0578. The van der Waals surface area contributed by atoms with E-state index in [1.54, 1.807) is 0 Å². The molecule has 3 aliphatic heterocycles. The second-order valence-corrected chi connectivity index (χ2v) is 8.75. The number of aromatic nitrogens is 1. The van der Waals surface area contributed by atoms with Crippen LogP contribution in [0.25, 0.3) is 0 Å². The highest BCUT2D eigenvalue weighted by Gasteiger charge is 2.32. The molecule has 0 saturated carbocycles. The molecule has 1 atom stereocenters. The van der Waals surface area contributed by atoms with Crippen molar-refractivity contribution in [1.82, 2.24) is 19.9 Å². The number of piperazine rings is 1. The lowest BCUT2D eigenvalue weighted by atomic mass is 10.0. The first kappa shape index (κ1) is 20.3. The highest BCUT2D eigenvalue weighted by atomic mass is 16.7. The monoisotopic (exact) mass is 426 g/mol. The number of ether oxygens (including phenoxy) is 2. The van der Waals surface area contributed by atoms with Crippen molar-refractivity contribution in [3.8, 4) is 11.5 Å². The number of carbonyl (C=O) groups is 1. The van der Waals surface area contributed by atoms with Gasteiger partial charge in [0.15, 0.2) is 11.5 Å². The Morgan fingerprint density at radius 3 is 2.68 bits per heavy atom. The fourth-order valence-electron chi connectivity index (χ4n) is 4.97. The predicted molar refractivity (Wildman–Crippen MR) is 114 cm³/mol. The van der Waals surface area contributed by atoms with Crippen LogP contribution >= 0.6 is 0 Å². The Morgan fingerprint density at radius 2 is 1.90 bits per heavy atom. The molecule has 1 amide bonds. The van der Waals surface area contributed by atoms with Crippen molar-refractivity contribution < 1.29 is 18.8 Å². The number of hydrogen-bond acceptors (Lipinski definition) is 7. The number of rotatable bonds is 4. The summed E-state index contributed by atoms with van der Waals surface area (Å²) in [7, 11) is 0. The molecule has 1 aromatic carbocycles. The number of aryl methyl sites for hydroxylation is 2. The molecule has 4 heterocycles. The molecule has 0 spiro atoms. The summed E-state index contributed by atoms with van der Waals surface area (Å²) in [5.41, 5.74) is 2.57. The Hall–Kier alpha value is -2.58. The maximum Gasteiger partial charge on any atom is 0.259 e. The minimum absolute atomic E-state index is 0.0578. The molecule has 0 unspecified atom stereocenters. The van der Waals surface area contributed by atoms with Gasteiger partial charge in [0.2, 0.25) is 6.79 Å². The highest BCUT2D eigenvalue weighted by molar-refractivity contribution is 5.96. The first-order valence-corrected chi connectivity index (χ1v) is 11.2. The molecule has 0 aliphatic carbocycles. The second-order valence-electron chi connectivity index (χ2n) is 8.75. The summed E-state index contributed by atoms with van der Waals surface area (Å²) >= 11 is 0. The third-order valence-corrected chi connectivity index (χ3v) is 6.70. The first-order valence-electron chi connectivity index (χ1n) is 11.2. The summed E-state index contributed by atoms with van der Waals surface area (Å²) in [5, 5.41) is 3.95. The van der Waals surface area contributed by atoms with Crippen LogP contribution in [0.2, 0.25) is 0 Å². The van der Waals surface area contributed by atoms with E-state index in [2.05, 4.69) is 27.1 Å². The third kappa shape index (κ3) is 4.14. The van der Waals surface area contributed by atoms with Gasteiger partial charge in [0.25, 0.3) is 5.91 Å². The standard InChI is InChI=1S/C23H30N4O4/c1-16-22(17(2)31-24-16)23(28)27-7-3-4-19(14-27)26-10-8-25(9-11-26)13-18-5-6-20-21(12-18)30-15-29-20/h5-6,12,19H,3-4,7-11,13-15H2,1-2H3/t19-/m0/s1. The smallest absolute Gasteiger partial charge is 0.259 e. The number of fused-ring (bicyclic) bond motifs is 1. The van der Waals surface area contributed by atoms with Crippen molar-refractivity contribution in [2.75, 3.05) is 46.1 Å². The molecule has 31 heavy (non-hydrogen) atoms. The van der Waals surface area contributed by atoms with Crippen molar-refractivity contribution in [2.45, 2.75) is 39.3 Å². The van der Waals surface area contributed by atoms with Crippen LogP contribution in [-0.4, -0.2) is 77.9 Å². The first-order chi connectivity index (χ1) is 15.1. The number of carbonyl (C=O) groups excluding carboxylic acids is 1. The zero-order chi connectivity index (χ0) is 21.4. The molecule has 3 aliphatic rings. The van der Waals surface area contributed by atoms with Gasteiger partial charge in [0.05, 0.1) is 5.69 Å². The SMILES string of the molecule is Cc1noc(C)c1C(=O)N1CCC[C@H](N2CCN(Cc3ccc4c(c3)OCO4)CC2)C1. The summed E-state index contributed by atoms with van der Waals surface area (Å²) < 4.78 is 16.1. The number of benzene rings is 1. The number of hydrogen-bond donors (Lipinski definition) is 0. The average Bonchev–Trinajstić information content (AvgIpc) is 3.39. The van der Waals surface area contributed by atoms with E-state index in [1.165, 1.54) is 5.56 Å². The Labute approximate surface area is 182 Å². The van der Waals surface area contributed by atoms with Crippen LogP contribution in [0.15, 0.2) is 22.7 Å². The Bertz CT molecular complexity index is 932. The molecule has 8 nitrogen and oxygen atoms in total. The number of amides is 1. The Kier molecular flexibility index (Phi) is 5.58. The molecule has 0 N–H and O–H groups in total. The molecule has 2 saturated heterocycles. The van der Waals surface area contributed by atoms with Crippen LogP contribution in [0.3, 0.4) is 0 Å². The van der Waals surface area contributed by atoms with Gasteiger partial charge in [-0.25, -0.2) is 0 Å². The third-order valence-electron chi connectivity index (χ3n) is 6.70. The summed E-state index contributed by atoms with van der Waals surface area (Å²) in [4.78, 5) is 20.1. The van der Waals surface area contributed by atoms with E-state index in [4.69, 9.17) is 14.0 Å². The van der Waals surface area contributed by atoms with Crippen LogP contribution in [0.1, 0.15) is 40.2 Å². The topological polar surface area (TPSA) is 71.3 Å². The molecular formula is C23H30N4O4. The Morgan fingerprint density at radius 1 is 1.10 bits per heavy atom. The van der Waals surface area contributed by atoms with Gasteiger partial charge in [-0.15, -0.1) is 0 Å². The van der Waals surface area contributed by atoms with Crippen LogP contribution in [-0.2, 0) is 6.54 Å². The molecule has 166 valence electrons. The van der Waals surface area contributed by atoms with E-state index in [0.717, 1.165) is 70.2 Å². The fraction of sp³-hybridized carbons (Fsp3) is 0.565. The van der Waals surface area contributed by atoms with Gasteiger partial charge in [0.1, 0.15) is 11.3 Å². The van der Waals surface area contributed by atoms with E-state index in [9.17, 15) is 4.79 Å². The molecule has 0 bridgehead atoms. The maximum absolute atomic E-state index is 13.0. The van der Waals surface area contributed by atoms with Gasteiger partial charge in [0, 0.05) is 51.9 Å². The Balaban J connectivity index is 1.15. The summed E-state index contributed by atoms with van der Waals surface area (Å²) in [6.45, 7) is 10.6. The van der Waals surface area contributed by atoms with Gasteiger partial charge in [-0.05, 0) is 44.4 Å². The van der Waals surface area contributed by atoms with Gasteiger partial charge in [-0.1, -0.05) is 11.2 Å². The van der Waals surface area contributed by atoms with Gasteiger partial charge in [-0.2, -0.15) is 0 Å². The average molecular weight is 427 g/mol. The second kappa shape index (κ2) is 8.51. The predicted octanol–water partition coefficient (Wildman–Crippen LogP) is 2.44. The van der Waals surface area contributed by atoms with E-state index in [0.29, 0.717) is 29.9 Å². The lowest BCUT2D eigenvalue weighted by Gasteiger charge is -2.43. The molecular weight excluding hydrogens is 396 g/mol. The summed E-state index contributed by atoms with van der Waals surface area (Å²) in [5.74, 6) is 2.35. The summed E-state index contributed by atoms with van der Waals surface area (Å²) in [6.07, 6.45) is 2.19. The number of likely N-dealkylation sites (tertiary alicyclic amines) is 1. The molecule has 5 rings (SSSR count). The minimum Gasteiger partial charge on any atom is -0.454 e. The van der Waals surface area contributed by atoms with Crippen LogP contribution < -0.4 is 9.47 Å². The normalized spacial score (nSPS) is 22.1. The van der Waals surface area contributed by atoms with Crippen molar-refractivity contribution >= 4 is 5.91 Å². The molecule has 0 radical (unpaired) electrons. The van der Waals surface area contributed by atoms with Gasteiger partial charge in [-0.3, -0.25) is 14.6 Å². The maximum atomic E-state index is 13.0. The molecule has 1 aromatic heterocycles. The lowest BCUT2D eigenvalue weighted by Crippen LogP contribution is -2.55. The van der Waals surface area contributed by atoms with Crippen molar-refractivity contribution in [2.24, 2.45) is 0 Å². The summed E-state index contributed by atoms with van der Waals surface area (Å²) in [6, 6.07) is 6.64. The van der Waals surface area contributed by atoms with Crippen LogP contribution in [0, 0.1) is 13.8 Å². The number of nitrogens with zero attached hydrogens (tertiary/aromatic N) is 4. The van der Waals surface area contributed by atoms with E-state index < -0.39 is 0 Å². The van der Waals surface area contributed by atoms with Crippen molar-refractivity contribution in [3.05, 3.63) is 40.8 Å². The quantitative estimate of drug-likeness (QED) is 0.744. The molecule has 8 heteroatoms. The number of piperidine rings is 1. The molecule has 2 fully saturated rings. The van der Waals surface area contributed by atoms with E-state index in [-0.39, 0.29) is 5.91 Å². The van der Waals surface area contributed by atoms with Gasteiger partial charge < -0.3 is 18.9 Å². The zero-order valence-corrected chi connectivity index (χ0v) is 18.3. The highest BCUT2D eigenvalue weighted by Crippen LogP contribution is 2.33. The van der Waals surface area contributed by atoms with E-state index >= 15 is 0 Å².